The third-order valence-corrected chi connectivity index (χ3v) is 12.2. The Bertz CT molecular complexity index is 414. The van der Waals surface area contributed by atoms with Crippen LogP contribution in [0, 0.1) is 17.8 Å². The van der Waals surface area contributed by atoms with Gasteiger partial charge in [0.15, 0.2) is 16.6 Å². The number of hydrogen-bond acceptors (Lipinski definition) is 2. The van der Waals surface area contributed by atoms with Crippen molar-refractivity contribution in [3.8, 4) is 0 Å². The van der Waals surface area contributed by atoms with E-state index in [1.807, 2.05) is 6.92 Å². The van der Waals surface area contributed by atoms with E-state index in [-0.39, 0.29) is 0 Å². The minimum Gasteiger partial charge on any atom is -0.456 e. The molecule has 3 unspecified atom stereocenters. The van der Waals surface area contributed by atoms with Crippen LogP contribution in [0.25, 0.3) is 0 Å². The second-order valence-corrected chi connectivity index (χ2v) is 21.4. The van der Waals surface area contributed by atoms with E-state index in [0.29, 0.717) is 0 Å². The van der Waals surface area contributed by atoms with Gasteiger partial charge in [0.05, 0.1) is 5.60 Å². The Labute approximate surface area is 186 Å². The molecule has 29 heavy (non-hydrogen) atoms. The van der Waals surface area contributed by atoms with Crippen LogP contribution >= 0.6 is 0 Å². The van der Waals surface area contributed by atoms with Crippen LogP contribution in [-0.4, -0.2) is 27.3 Å². The van der Waals surface area contributed by atoms with Crippen molar-refractivity contribution in [1.29, 1.82) is 0 Å². The first kappa shape index (κ1) is 29.4. The molecule has 0 amide bonds. The Morgan fingerprint density at radius 2 is 1.17 bits per heavy atom. The predicted molar refractivity (Wildman–Crippen MR) is 137 cm³/mol. The van der Waals surface area contributed by atoms with Gasteiger partial charge in [-0.15, -0.1) is 0 Å². The van der Waals surface area contributed by atoms with E-state index in [1.165, 1.54) is 44.9 Å². The standard InChI is InChI=1S/C25H56O2Si2/c1-22(2)14-11-15-23(3)16-12-17-24(4)18-13-19-25(5,26)20-21-29(9,10)27-28(6,7)8/h22-24,26H,11-21H2,1-10H3. The van der Waals surface area contributed by atoms with Crippen molar-refractivity contribution in [2.45, 2.75) is 143 Å². The van der Waals surface area contributed by atoms with Crippen LogP contribution in [0.2, 0.25) is 38.8 Å². The smallest absolute Gasteiger partial charge is 0.173 e. The summed E-state index contributed by atoms with van der Waals surface area (Å²) in [5, 5.41) is 10.8. The van der Waals surface area contributed by atoms with Gasteiger partial charge >= 0.3 is 0 Å². The zero-order chi connectivity index (χ0) is 22.7. The molecule has 0 spiro atoms. The molecule has 0 saturated carbocycles. The normalized spacial score (nSPS) is 17.4. The molecule has 0 rings (SSSR count). The predicted octanol–water partition coefficient (Wildman–Crippen LogP) is 8.62. The first-order valence-corrected chi connectivity index (χ1v) is 19.1. The lowest BCUT2D eigenvalue weighted by atomic mass is 9.89. The molecule has 4 heteroatoms. The highest BCUT2D eigenvalue weighted by atomic mass is 28.4. The summed E-state index contributed by atoms with van der Waals surface area (Å²) < 4.78 is 6.43. The van der Waals surface area contributed by atoms with Gasteiger partial charge < -0.3 is 9.22 Å². The van der Waals surface area contributed by atoms with Gasteiger partial charge in [-0.25, -0.2) is 0 Å². The largest absolute Gasteiger partial charge is 0.456 e. The first-order chi connectivity index (χ1) is 13.1. The van der Waals surface area contributed by atoms with Crippen molar-refractivity contribution < 1.29 is 9.22 Å². The van der Waals surface area contributed by atoms with Crippen molar-refractivity contribution in [2.75, 3.05) is 0 Å². The fourth-order valence-electron chi connectivity index (χ4n) is 4.38. The molecule has 1 N–H and O–H groups in total. The summed E-state index contributed by atoms with van der Waals surface area (Å²) in [5.41, 5.74) is -0.530. The van der Waals surface area contributed by atoms with Gasteiger partial charge in [0.2, 0.25) is 0 Å². The van der Waals surface area contributed by atoms with Crippen LogP contribution in [0.1, 0.15) is 98.8 Å². The molecular formula is C25H56O2Si2. The van der Waals surface area contributed by atoms with E-state index in [0.717, 1.165) is 43.1 Å². The Hall–Kier alpha value is 0.354. The summed E-state index contributed by atoms with van der Waals surface area (Å²) in [6.07, 6.45) is 12.5. The van der Waals surface area contributed by atoms with E-state index in [9.17, 15) is 5.11 Å². The average Bonchev–Trinajstić information content (AvgIpc) is 2.50. The van der Waals surface area contributed by atoms with E-state index in [4.69, 9.17) is 4.12 Å². The third kappa shape index (κ3) is 18.8. The fraction of sp³-hybridized carbons (Fsp3) is 1.00. The Morgan fingerprint density at radius 3 is 1.62 bits per heavy atom. The van der Waals surface area contributed by atoms with Gasteiger partial charge in [-0.2, -0.15) is 0 Å². The summed E-state index contributed by atoms with van der Waals surface area (Å²) in [4.78, 5) is 0. The summed E-state index contributed by atoms with van der Waals surface area (Å²) in [6.45, 7) is 23.0. The maximum Gasteiger partial charge on any atom is 0.173 e. The zero-order valence-corrected chi connectivity index (χ0v) is 23.9. The van der Waals surface area contributed by atoms with E-state index in [1.54, 1.807) is 0 Å². The number of hydrogen-bond donors (Lipinski definition) is 1. The van der Waals surface area contributed by atoms with E-state index < -0.39 is 22.2 Å². The van der Waals surface area contributed by atoms with Crippen LogP contribution in [0.3, 0.4) is 0 Å². The highest BCUT2D eigenvalue weighted by Gasteiger charge is 2.32. The molecule has 0 saturated heterocycles. The molecule has 0 aromatic carbocycles. The molecule has 0 radical (unpaired) electrons. The van der Waals surface area contributed by atoms with Crippen LogP contribution in [0.15, 0.2) is 0 Å². The van der Waals surface area contributed by atoms with Gasteiger partial charge in [0.1, 0.15) is 0 Å². The lowest BCUT2D eigenvalue weighted by molar-refractivity contribution is 0.0423. The molecule has 0 fully saturated rings. The summed E-state index contributed by atoms with van der Waals surface area (Å²) in [6, 6.07) is 1.06. The highest BCUT2D eigenvalue weighted by Crippen LogP contribution is 2.28. The van der Waals surface area contributed by atoms with Crippen molar-refractivity contribution >= 4 is 16.6 Å². The molecule has 2 nitrogen and oxygen atoms in total. The first-order valence-electron chi connectivity index (χ1n) is 12.5. The van der Waals surface area contributed by atoms with Gasteiger partial charge in [0.25, 0.3) is 0 Å². The molecule has 0 aliphatic rings. The molecule has 0 bridgehead atoms. The maximum absolute atomic E-state index is 10.8. The zero-order valence-electron chi connectivity index (χ0n) is 21.9. The molecule has 0 aliphatic carbocycles. The molecule has 3 atom stereocenters. The lowest BCUT2D eigenvalue weighted by Crippen LogP contribution is -2.43. The van der Waals surface area contributed by atoms with E-state index >= 15 is 0 Å². The quantitative estimate of drug-likeness (QED) is 0.227. The molecule has 0 heterocycles. The van der Waals surface area contributed by atoms with Crippen LogP contribution in [0.4, 0.5) is 0 Å². The van der Waals surface area contributed by atoms with Crippen molar-refractivity contribution in [2.24, 2.45) is 17.8 Å². The lowest BCUT2D eigenvalue weighted by Gasteiger charge is -2.34. The molecule has 176 valence electrons. The second kappa shape index (κ2) is 13.7. The van der Waals surface area contributed by atoms with Gasteiger partial charge in [0, 0.05) is 0 Å². The SMILES string of the molecule is CC(C)CCCC(C)CCCC(C)CCCC(C)(O)CC[Si](C)(C)O[Si](C)(C)C. The van der Waals surface area contributed by atoms with Crippen molar-refractivity contribution in [3.63, 3.8) is 0 Å². The van der Waals surface area contributed by atoms with Crippen LogP contribution < -0.4 is 0 Å². The van der Waals surface area contributed by atoms with Crippen LogP contribution in [-0.2, 0) is 4.12 Å². The van der Waals surface area contributed by atoms with Crippen molar-refractivity contribution in [3.05, 3.63) is 0 Å². The Balaban J connectivity index is 3.97. The number of rotatable bonds is 17. The molecule has 0 aliphatic heterocycles. The van der Waals surface area contributed by atoms with Crippen molar-refractivity contribution in [1.82, 2.24) is 0 Å². The molecular weight excluding hydrogens is 388 g/mol. The highest BCUT2D eigenvalue weighted by molar-refractivity contribution is 6.84. The fourth-order valence-corrected chi connectivity index (χ4v) is 12.6. The summed E-state index contributed by atoms with van der Waals surface area (Å²) in [5.74, 6) is 2.52. The summed E-state index contributed by atoms with van der Waals surface area (Å²) in [7, 11) is -3.14. The number of aliphatic hydroxyl groups is 1. The van der Waals surface area contributed by atoms with Gasteiger partial charge in [-0.3, -0.25) is 0 Å². The molecule has 0 aromatic rings. The molecule has 0 aromatic heterocycles. The topological polar surface area (TPSA) is 29.5 Å². The monoisotopic (exact) mass is 444 g/mol. The van der Waals surface area contributed by atoms with Gasteiger partial charge in [-0.1, -0.05) is 79.1 Å². The van der Waals surface area contributed by atoms with E-state index in [2.05, 4.69) is 60.4 Å². The minimum absolute atomic E-state index is 0.530. The van der Waals surface area contributed by atoms with Gasteiger partial charge in [-0.05, 0) is 76.3 Å². The summed E-state index contributed by atoms with van der Waals surface area (Å²) >= 11 is 0. The van der Waals surface area contributed by atoms with Crippen LogP contribution in [0.5, 0.6) is 0 Å². The third-order valence-electron chi connectivity index (χ3n) is 6.13. The maximum atomic E-state index is 10.8. The Kier molecular flexibility index (Phi) is 13.9. The average molecular weight is 445 g/mol. The minimum atomic E-state index is -1.65. The Morgan fingerprint density at radius 1 is 0.724 bits per heavy atom. The second-order valence-electron chi connectivity index (χ2n) is 12.3.